The lowest BCUT2D eigenvalue weighted by molar-refractivity contribution is -0.121. The van der Waals surface area contributed by atoms with Gasteiger partial charge in [0.1, 0.15) is 5.03 Å². The molecule has 10 heteroatoms. The zero-order valence-electron chi connectivity index (χ0n) is 11.5. The van der Waals surface area contributed by atoms with Crippen LogP contribution in [0.25, 0.3) is 0 Å². The maximum absolute atomic E-state index is 11.6. The highest BCUT2D eigenvalue weighted by Gasteiger charge is 2.38. The van der Waals surface area contributed by atoms with Crippen molar-refractivity contribution in [3.05, 3.63) is 24.4 Å². The molecular weight excluding hydrogens is 334 g/mol. The van der Waals surface area contributed by atoms with Crippen LogP contribution in [0.15, 0.2) is 29.4 Å². The van der Waals surface area contributed by atoms with Crippen LogP contribution in [0.5, 0.6) is 0 Å². The molecule has 0 aliphatic heterocycles. The molecule has 118 valence electrons. The van der Waals surface area contributed by atoms with Gasteiger partial charge in [-0.15, -0.1) is 0 Å². The molecule has 7 nitrogen and oxygen atoms in total. The van der Waals surface area contributed by atoms with E-state index in [-0.39, 0.29) is 5.25 Å². The summed E-state index contributed by atoms with van der Waals surface area (Å²) >= 11 is 0. The van der Waals surface area contributed by atoms with Gasteiger partial charge in [0, 0.05) is 11.4 Å². The molecule has 1 rings (SSSR count). The van der Waals surface area contributed by atoms with Crippen LogP contribution in [-0.2, 0) is 14.9 Å². The third kappa shape index (κ3) is 5.47. The normalized spacial score (nSPS) is 16.0. The van der Waals surface area contributed by atoms with Gasteiger partial charge < -0.3 is 0 Å². The van der Waals surface area contributed by atoms with Crippen LogP contribution in [0.1, 0.15) is 13.8 Å². The lowest BCUT2D eigenvalue weighted by Crippen LogP contribution is -2.48. The van der Waals surface area contributed by atoms with Crippen molar-refractivity contribution in [1.82, 2.24) is 10.4 Å². The molecule has 1 aromatic rings. The van der Waals surface area contributed by atoms with Gasteiger partial charge in [-0.1, -0.05) is 30.7 Å². The van der Waals surface area contributed by atoms with Gasteiger partial charge in [0.05, 0.1) is 0 Å². The van der Waals surface area contributed by atoms with E-state index in [9.17, 15) is 17.8 Å². The number of hydrazine groups is 1. The first-order valence-corrected chi connectivity index (χ1v) is 9.70. The van der Waals surface area contributed by atoms with Gasteiger partial charge in [-0.3, -0.25) is 14.8 Å². The van der Waals surface area contributed by atoms with Crippen molar-refractivity contribution in [2.75, 3.05) is 0 Å². The lowest BCUT2D eigenvalue weighted by atomic mass is 10.0. The molecule has 0 saturated carbocycles. The topological polar surface area (TPSA) is 122 Å². The molecule has 0 bridgehead atoms. The Kier molecular flexibility index (Phi) is 6.94. The summed E-state index contributed by atoms with van der Waals surface area (Å²) in [5, 5.41) is -1.07. The second-order valence-electron chi connectivity index (χ2n) is 4.36. The van der Waals surface area contributed by atoms with Crippen molar-refractivity contribution < 1.29 is 17.8 Å². The summed E-state index contributed by atoms with van der Waals surface area (Å²) in [5.74, 6) is 3.41. The molecule has 1 aromatic heterocycles. The summed E-state index contributed by atoms with van der Waals surface area (Å²) in [6, 6.07) is 5.45. The van der Waals surface area contributed by atoms with Gasteiger partial charge in [-0.05, 0) is 28.8 Å². The molecule has 21 heavy (non-hydrogen) atoms. The molecule has 1 amide bonds. The fourth-order valence-corrected chi connectivity index (χ4v) is 5.19. The molecule has 0 fully saturated rings. The van der Waals surface area contributed by atoms with E-state index in [1.165, 1.54) is 21.6 Å². The number of nitrogens with one attached hydrogen (secondary N) is 1. The Morgan fingerprint density at radius 3 is 2.57 bits per heavy atom. The van der Waals surface area contributed by atoms with E-state index in [0.717, 1.165) is 5.03 Å². The second-order valence-corrected chi connectivity index (χ2v) is 8.49. The Morgan fingerprint density at radius 1 is 1.43 bits per heavy atom. The molecular formula is C11H17N3O4S3. The summed E-state index contributed by atoms with van der Waals surface area (Å²) in [4.78, 5) is 15.7. The van der Waals surface area contributed by atoms with Gasteiger partial charge in [-0.2, -0.15) is 8.42 Å². The van der Waals surface area contributed by atoms with Crippen molar-refractivity contribution in [3.8, 4) is 0 Å². The Bertz CT molecular complexity index is 567. The Balaban J connectivity index is 2.75. The molecule has 4 N–H and O–H groups in total. The quantitative estimate of drug-likeness (QED) is 0.219. The van der Waals surface area contributed by atoms with E-state index in [1.54, 1.807) is 31.5 Å². The summed E-state index contributed by atoms with van der Waals surface area (Å²) < 4.78 is 31.9. The SMILES string of the molecule is CC(SSc1ccccn1)C(C)C(C(=O)NN)S(=O)(=O)O. The predicted molar refractivity (Wildman–Crippen MR) is 84.0 cm³/mol. The van der Waals surface area contributed by atoms with Gasteiger partial charge in [-0.25, -0.2) is 10.8 Å². The average molecular weight is 351 g/mol. The number of carbonyl (C=O) groups is 1. The molecule has 0 aliphatic rings. The average Bonchev–Trinajstić information content (AvgIpc) is 2.44. The molecule has 0 spiro atoms. The number of amides is 1. The standard InChI is InChI=1S/C11H17N3O4S3/c1-7(10(11(15)14-12)21(16,17)18)8(2)19-20-9-5-3-4-6-13-9/h3-8,10H,12H2,1-2H3,(H,14,15)(H,16,17,18). The maximum Gasteiger partial charge on any atom is 0.277 e. The summed E-state index contributed by atoms with van der Waals surface area (Å²) in [6.07, 6.45) is 1.65. The third-order valence-electron chi connectivity index (χ3n) is 2.86. The number of pyridine rings is 1. The monoisotopic (exact) mass is 351 g/mol. The first-order valence-electron chi connectivity index (χ1n) is 5.98. The highest BCUT2D eigenvalue weighted by Crippen LogP contribution is 2.37. The number of hydrogen-bond acceptors (Lipinski definition) is 7. The van der Waals surface area contributed by atoms with Crippen LogP contribution in [-0.4, -0.2) is 34.4 Å². The minimum Gasteiger partial charge on any atom is -0.293 e. The highest BCUT2D eigenvalue weighted by atomic mass is 33.1. The van der Waals surface area contributed by atoms with Crippen LogP contribution in [0, 0.1) is 5.92 Å². The van der Waals surface area contributed by atoms with E-state index < -0.39 is 27.2 Å². The fraction of sp³-hybridized carbons (Fsp3) is 0.455. The number of carbonyl (C=O) groups excluding carboxylic acids is 1. The summed E-state index contributed by atoms with van der Waals surface area (Å²) in [6.45, 7) is 3.34. The Hall–Kier alpha value is -0.810. The zero-order valence-corrected chi connectivity index (χ0v) is 13.9. The van der Waals surface area contributed by atoms with Crippen molar-refractivity contribution >= 4 is 37.6 Å². The van der Waals surface area contributed by atoms with Gasteiger partial charge in [0.2, 0.25) is 0 Å². The molecule has 3 atom stereocenters. The van der Waals surface area contributed by atoms with Crippen LogP contribution in [0.3, 0.4) is 0 Å². The smallest absolute Gasteiger partial charge is 0.277 e. The fourth-order valence-electron chi connectivity index (χ4n) is 1.58. The van der Waals surface area contributed by atoms with E-state index in [4.69, 9.17) is 5.84 Å². The van der Waals surface area contributed by atoms with E-state index in [2.05, 4.69) is 4.98 Å². The molecule has 0 radical (unpaired) electrons. The predicted octanol–water partition coefficient (Wildman–Crippen LogP) is 1.09. The summed E-state index contributed by atoms with van der Waals surface area (Å²) in [5.41, 5.74) is 1.77. The number of rotatable bonds is 7. The van der Waals surface area contributed by atoms with Gasteiger partial charge >= 0.3 is 0 Å². The van der Waals surface area contributed by atoms with Crippen LogP contribution in [0.2, 0.25) is 0 Å². The van der Waals surface area contributed by atoms with E-state index in [0.29, 0.717) is 0 Å². The van der Waals surface area contributed by atoms with E-state index in [1.807, 2.05) is 12.1 Å². The minimum absolute atomic E-state index is 0.235. The largest absolute Gasteiger partial charge is 0.293 e. The number of nitrogens with zero attached hydrogens (tertiary/aromatic N) is 1. The van der Waals surface area contributed by atoms with Crippen LogP contribution in [0.4, 0.5) is 0 Å². The Labute approximate surface area is 131 Å². The van der Waals surface area contributed by atoms with Crippen LogP contribution < -0.4 is 11.3 Å². The molecule has 0 saturated heterocycles. The molecule has 0 aromatic carbocycles. The molecule has 1 heterocycles. The first-order chi connectivity index (χ1) is 9.77. The van der Waals surface area contributed by atoms with Gasteiger partial charge in [0.25, 0.3) is 16.0 Å². The number of nitrogens with two attached hydrogens (primary N) is 1. The van der Waals surface area contributed by atoms with E-state index >= 15 is 0 Å². The Morgan fingerprint density at radius 2 is 2.10 bits per heavy atom. The molecule has 0 aliphatic carbocycles. The van der Waals surface area contributed by atoms with Crippen molar-refractivity contribution in [2.45, 2.75) is 29.4 Å². The second kappa shape index (κ2) is 7.99. The van der Waals surface area contributed by atoms with Gasteiger partial charge in [0.15, 0.2) is 5.25 Å². The lowest BCUT2D eigenvalue weighted by Gasteiger charge is -2.24. The highest BCUT2D eigenvalue weighted by molar-refractivity contribution is 8.76. The minimum atomic E-state index is -4.53. The zero-order chi connectivity index (χ0) is 16.0. The number of aromatic nitrogens is 1. The maximum atomic E-state index is 11.6. The number of hydrogen-bond donors (Lipinski definition) is 3. The summed E-state index contributed by atoms with van der Waals surface area (Å²) in [7, 11) is -1.80. The first kappa shape index (κ1) is 18.2. The van der Waals surface area contributed by atoms with Crippen LogP contribution >= 0.6 is 21.6 Å². The van der Waals surface area contributed by atoms with Crippen molar-refractivity contribution in [2.24, 2.45) is 11.8 Å². The van der Waals surface area contributed by atoms with Crippen molar-refractivity contribution in [3.63, 3.8) is 0 Å². The third-order valence-corrected chi connectivity index (χ3v) is 7.10. The molecule has 3 unspecified atom stereocenters. The van der Waals surface area contributed by atoms with Crippen molar-refractivity contribution in [1.29, 1.82) is 0 Å².